The molecule has 2 rings (SSSR count). The lowest BCUT2D eigenvalue weighted by Gasteiger charge is -2.34. The van der Waals surface area contributed by atoms with Crippen LogP contribution in [0.15, 0.2) is 0 Å². The minimum atomic E-state index is -0.677. The molecule has 1 aliphatic heterocycles. The Kier molecular flexibility index (Phi) is 7.25. The van der Waals surface area contributed by atoms with Crippen LogP contribution in [0.4, 0.5) is 4.79 Å². The molecule has 7 heteroatoms. The summed E-state index contributed by atoms with van der Waals surface area (Å²) in [5, 5.41) is 8.99. The highest BCUT2D eigenvalue weighted by molar-refractivity contribution is 5.91. The molecule has 0 aromatic carbocycles. The first-order valence-corrected chi connectivity index (χ1v) is 7.74. The molecular formula is C14H27ClN4O2. The van der Waals surface area contributed by atoms with E-state index in [-0.39, 0.29) is 24.3 Å². The van der Waals surface area contributed by atoms with Gasteiger partial charge in [0.15, 0.2) is 0 Å². The van der Waals surface area contributed by atoms with E-state index in [1.165, 1.54) is 0 Å². The number of urea groups is 1. The van der Waals surface area contributed by atoms with E-state index in [0.29, 0.717) is 6.54 Å². The van der Waals surface area contributed by atoms with E-state index in [4.69, 9.17) is 0 Å². The Morgan fingerprint density at radius 2 is 1.86 bits per heavy atom. The van der Waals surface area contributed by atoms with Gasteiger partial charge in [-0.05, 0) is 32.7 Å². The normalized spacial score (nSPS) is 21.1. The van der Waals surface area contributed by atoms with Crippen LogP contribution in [0.5, 0.6) is 0 Å². The molecule has 0 spiro atoms. The van der Waals surface area contributed by atoms with Crippen LogP contribution in [0.3, 0.4) is 0 Å². The molecule has 2 fully saturated rings. The summed E-state index contributed by atoms with van der Waals surface area (Å²) in [5.74, 6) is 0.102. The smallest absolute Gasteiger partial charge is 0.315 e. The molecule has 1 heterocycles. The standard InChI is InChI=1S/C14H26N4O2.ClH/c1-2-16-13(20)17-14(6-3-4-7-14)12(19)18-10-5-8-15-9-11-18;/h15H,2-11H2,1H3,(H2,16,17,20);1H. The van der Waals surface area contributed by atoms with Crippen LogP contribution in [0, 0.1) is 0 Å². The van der Waals surface area contributed by atoms with Crippen molar-refractivity contribution in [3.63, 3.8) is 0 Å². The van der Waals surface area contributed by atoms with Crippen LogP contribution in [0.25, 0.3) is 0 Å². The van der Waals surface area contributed by atoms with Gasteiger partial charge in [0.1, 0.15) is 5.54 Å². The van der Waals surface area contributed by atoms with Crippen LogP contribution < -0.4 is 16.0 Å². The van der Waals surface area contributed by atoms with Crippen molar-refractivity contribution in [1.82, 2.24) is 20.9 Å². The molecule has 0 aromatic heterocycles. The van der Waals surface area contributed by atoms with E-state index >= 15 is 0 Å². The fourth-order valence-corrected chi connectivity index (χ4v) is 3.14. The second kappa shape index (κ2) is 8.44. The number of hydrogen-bond donors (Lipinski definition) is 3. The predicted molar refractivity (Wildman–Crippen MR) is 84.7 cm³/mol. The first-order chi connectivity index (χ1) is 9.68. The zero-order chi connectivity index (χ0) is 14.4. The first kappa shape index (κ1) is 18.0. The Balaban J connectivity index is 0.00000220. The van der Waals surface area contributed by atoms with Crippen molar-refractivity contribution in [2.75, 3.05) is 32.7 Å². The SMILES string of the molecule is CCNC(=O)NC1(C(=O)N2CCCNCC2)CCCC1.Cl. The van der Waals surface area contributed by atoms with E-state index in [0.717, 1.165) is 58.3 Å². The van der Waals surface area contributed by atoms with Gasteiger partial charge in [0.05, 0.1) is 0 Å². The predicted octanol–water partition coefficient (Wildman–Crippen LogP) is 0.862. The molecule has 6 nitrogen and oxygen atoms in total. The van der Waals surface area contributed by atoms with Crippen molar-refractivity contribution in [2.45, 2.75) is 44.6 Å². The van der Waals surface area contributed by atoms with Crippen LogP contribution in [-0.4, -0.2) is 55.1 Å². The average molecular weight is 319 g/mol. The molecule has 3 N–H and O–H groups in total. The van der Waals surface area contributed by atoms with E-state index in [2.05, 4.69) is 16.0 Å². The number of amides is 3. The van der Waals surface area contributed by atoms with Gasteiger partial charge < -0.3 is 20.9 Å². The van der Waals surface area contributed by atoms with Gasteiger partial charge in [-0.15, -0.1) is 12.4 Å². The Bertz CT molecular complexity index is 351. The highest BCUT2D eigenvalue weighted by Crippen LogP contribution is 2.31. The van der Waals surface area contributed by atoms with E-state index < -0.39 is 5.54 Å². The Morgan fingerprint density at radius 3 is 2.52 bits per heavy atom. The summed E-state index contributed by atoms with van der Waals surface area (Å²) in [6, 6.07) is -0.226. The maximum absolute atomic E-state index is 12.9. The molecular weight excluding hydrogens is 292 g/mol. The highest BCUT2D eigenvalue weighted by atomic mass is 35.5. The molecule has 1 aliphatic carbocycles. The fraction of sp³-hybridized carbons (Fsp3) is 0.857. The van der Waals surface area contributed by atoms with Crippen molar-refractivity contribution in [1.29, 1.82) is 0 Å². The number of rotatable bonds is 3. The Morgan fingerprint density at radius 1 is 1.14 bits per heavy atom. The Hall–Kier alpha value is -1.01. The molecule has 0 radical (unpaired) electrons. The maximum atomic E-state index is 12.9. The van der Waals surface area contributed by atoms with Gasteiger partial charge in [-0.2, -0.15) is 0 Å². The van der Waals surface area contributed by atoms with Crippen molar-refractivity contribution in [3.8, 4) is 0 Å². The van der Waals surface area contributed by atoms with Gasteiger partial charge in [-0.1, -0.05) is 12.8 Å². The van der Waals surface area contributed by atoms with Crippen LogP contribution in [-0.2, 0) is 4.79 Å². The van der Waals surface area contributed by atoms with Crippen LogP contribution in [0.2, 0.25) is 0 Å². The summed E-state index contributed by atoms with van der Waals surface area (Å²) >= 11 is 0. The second-order valence-electron chi connectivity index (χ2n) is 5.67. The third kappa shape index (κ3) is 4.48. The average Bonchev–Trinajstić information content (AvgIpc) is 2.74. The van der Waals surface area contributed by atoms with Crippen molar-refractivity contribution in [2.24, 2.45) is 0 Å². The third-order valence-electron chi connectivity index (χ3n) is 4.18. The van der Waals surface area contributed by atoms with Crippen LogP contribution in [0.1, 0.15) is 39.0 Å². The first-order valence-electron chi connectivity index (χ1n) is 7.74. The topological polar surface area (TPSA) is 73.5 Å². The summed E-state index contributed by atoms with van der Waals surface area (Å²) in [6.07, 6.45) is 4.50. The minimum absolute atomic E-state index is 0. The van der Waals surface area contributed by atoms with E-state index in [9.17, 15) is 9.59 Å². The zero-order valence-electron chi connectivity index (χ0n) is 12.7. The number of nitrogens with one attached hydrogen (secondary N) is 3. The summed E-state index contributed by atoms with van der Waals surface area (Å²) in [4.78, 5) is 26.6. The number of carbonyl (C=O) groups is 2. The molecule has 21 heavy (non-hydrogen) atoms. The van der Waals surface area contributed by atoms with Gasteiger partial charge in [-0.25, -0.2) is 4.79 Å². The van der Waals surface area contributed by atoms with Crippen molar-refractivity contribution < 1.29 is 9.59 Å². The van der Waals surface area contributed by atoms with Gasteiger partial charge in [0.25, 0.3) is 0 Å². The number of halogens is 1. The van der Waals surface area contributed by atoms with Gasteiger partial charge in [-0.3, -0.25) is 4.79 Å². The van der Waals surface area contributed by atoms with Crippen molar-refractivity contribution in [3.05, 3.63) is 0 Å². The van der Waals surface area contributed by atoms with Gasteiger partial charge in [0.2, 0.25) is 5.91 Å². The highest BCUT2D eigenvalue weighted by Gasteiger charge is 2.44. The number of carbonyl (C=O) groups excluding carboxylic acids is 2. The molecule has 3 amide bonds. The fourth-order valence-electron chi connectivity index (χ4n) is 3.14. The molecule has 1 saturated carbocycles. The van der Waals surface area contributed by atoms with Gasteiger partial charge in [0, 0.05) is 26.2 Å². The summed E-state index contributed by atoms with van der Waals surface area (Å²) in [5.41, 5.74) is -0.677. The number of nitrogens with zero attached hydrogens (tertiary/aromatic N) is 1. The molecule has 2 aliphatic rings. The summed E-state index contributed by atoms with van der Waals surface area (Å²) < 4.78 is 0. The summed E-state index contributed by atoms with van der Waals surface area (Å²) in [6.45, 7) is 5.76. The minimum Gasteiger partial charge on any atom is -0.339 e. The molecule has 0 unspecified atom stereocenters. The molecule has 0 atom stereocenters. The quantitative estimate of drug-likeness (QED) is 0.722. The summed E-state index contributed by atoms with van der Waals surface area (Å²) in [7, 11) is 0. The monoisotopic (exact) mass is 318 g/mol. The lowest BCUT2D eigenvalue weighted by molar-refractivity contribution is -0.137. The van der Waals surface area contributed by atoms with E-state index in [1.807, 2.05) is 11.8 Å². The maximum Gasteiger partial charge on any atom is 0.315 e. The second-order valence-corrected chi connectivity index (χ2v) is 5.67. The van der Waals surface area contributed by atoms with Gasteiger partial charge >= 0.3 is 6.03 Å². The van der Waals surface area contributed by atoms with E-state index in [1.54, 1.807) is 0 Å². The molecule has 122 valence electrons. The largest absolute Gasteiger partial charge is 0.339 e. The molecule has 0 bridgehead atoms. The Labute approximate surface area is 132 Å². The van der Waals surface area contributed by atoms with Crippen molar-refractivity contribution >= 4 is 24.3 Å². The number of hydrogen-bond acceptors (Lipinski definition) is 3. The molecule has 0 aromatic rings. The van der Waals surface area contributed by atoms with Crippen LogP contribution >= 0.6 is 12.4 Å². The lowest BCUT2D eigenvalue weighted by atomic mass is 9.95. The zero-order valence-corrected chi connectivity index (χ0v) is 13.6. The lowest BCUT2D eigenvalue weighted by Crippen LogP contribution is -2.60. The third-order valence-corrected chi connectivity index (χ3v) is 4.18. The molecule has 1 saturated heterocycles.